The van der Waals surface area contributed by atoms with Crippen molar-refractivity contribution < 1.29 is 9.59 Å². The van der Waals surface area contributed by atoms with Gasteiger partial charge in [0, 0.05) is 48.9 Å². The number of carbonyl (C=O) groups excluding carboxylic acids is 2. The third kappa shape index (κ3) is 5.16. The van der Waals surface area contributed by atoms with E-state index in [1.54, 1.807) is 28.9 Å². The zero-order valence-electron chi connectivity index (χ0n) is 18.2. The Bertz CT molecular complexity index is 1180. The highest BCUT2D eigenvalue weighted by atomic mass is 35.5. The summed E-state index contributed by atoms with van der Waals surface area (Å²) in [4.78, 5) is 38.2. The molecule has 0 spiro atoms. The van der Waals surface area contributed by atoms with Crippen LogP contribution in [0.2, 0.25) is 5.02 Å². The molecule has 0 unspecified atom stereocenters. The molecule has 0 bridgehead atoms. The number of pyridine rings is 1. The Morgan fingerprint density at radius 3 is 2.58 bits per heavy atom. The summed E-state index contributed by atoms with van der Waals surface area (Å²) in [5.41, 5.74) is 2.03. The molecule has 0 saturated heterocycles. The van der Waals surface area contributed by atoms with Crippen LogP contribution in [0.5, 0.6) is 0 Å². The molecule has 2 atom stereocenters. The molecule has 176 valence electrons. The van der Waals surface area contributed by atoms with Gasteiger partial charge in [0.15, 0.2) is 5.01 Å². The molecule has 1 aliphatic heterocycles. The van der Waals surface area contributed by atoms with E-state index in [0.29, 0.717) is 21.4 Å². The minimum Gasteiger partial charge on any atom is -0.346 e. The van der Waals surface area contributed by atoms with E-state index >= 15 is 0 Å². The first-order valence-corrected chi connectivity index (χ1v) is 12.1. The molecule has 0 radical (unpaired) electrons. The van der Waals surface area contributed by atoms with Gasteiger partial charge in [-0.05, 0) is 32.0 Å². The van der Waals surface area contributed by atoms with Gasteiger partial charge in [0.25, 0.3) is 11.8 Å². The van der Waals surface area contributed by atoms with E-state index < -0.39 is 0 Å². The Morgan fingerprint density at radius 1 is 1.09 bits per heavy atom. The van der Waals surface area contributed by atoms with Crippen LogP contribution in [0.4, 0.5) is 0 Å². The molecule has 2 N–H and O–H groups in total. The molecule has 1 aliphatic carbocycles. The van der Waals surface area contributed by atoms with Gasteiger partial charge in [-0.3, -0.25) is 9.59 Å². The van der Waals surface area contributed by atoms with Crippen molar-refractivity contribution in [3.63, 3.8) is 0 Å². The highest BCUT2D eigenvalue weighted by Gasteiger charge is 2.30. The van der Waals surface area contributed by atoms with Crippen molar-refractivity contribution in [3.05, 3.63) is 50.8 Å². The Kier molecular flexibility index (Phi) is 7.23. The Labute approximate surface area is 207 Å². The SMILES string of the molecule is CN1CCc2nc(C(=O)N[C@H]3CCCC[C@H]3NC(=O)c3cn4cc(Cl)ccc4n3)sc2C1.Cl. The predicted octanol–water partition coefficient (Wildman–Crippen LogP) is 3.32. The topological polar surface area (TPSA) is 91.6 Å². The average molecular weight is 509 g/mol. The van der Waals surface area contributed by atoms with Crippen LogP contribution in [0.3, 0.4) is 0 Å². The third-order valence-corrected chi connectivity index (χ3v) is 7.47. The van der Waals surface area contributed by atoms with Crippen molar-refractivity contribution in [2.24, 2.45) is 0 Å². The molecule has 2 aliphatic rings. The molecule has 2 amide bonds. The van der Waals surface area contributed by atoms with Crippen LogP contribution in [0, 0.1) is 0 Å². The van der Waals surface area contributed by atoms with Crippen molar-refractivity contribution in [1.82, 2.24) is 29.9 Å². The van der Waals surface area contributed by atoms with Gasteiger partial charge in [-0.2, -0.15) is 0 Å². The molecule has 11 heteroatoms. The molecule has 3 aromatic heterocycles. The molecule has 1 fully saturated rings. The minimum atomic E-state index is -0.247. The molecule has 0 aromatic carbocycles. The fourth-order valence-electron chi connectivity index (χ4n) is 4.44. The van der Waals surface area contributed by atoms with Crippen molar-refractivity contribution in [3.8, 4) is 0 Å². The van der Waals surface area contributed by atoms with Gasteiger partial charge in [0.2, 0.25) is 0 Å². The summed E-state index contributed by atoms with van der Waals surface area (Å²) < 4.78 is 1.74. The fourth-order valence-corrected chi connectivity index (χ4v) is 5.70. The number of fused-ring (bicyclic) bond motifs is 2. The number of hydrogen-bond acceptors (Lipinski definition) is 6. The van der Waals surface area contributed by atoms with Crippen molar-refractivity contribution >= 4 is 52.8 Å². The normalized spacial score (nSPS) is 20.7. The number of likely N-dealkylation sites (N-methyl/N-ethyl adjacent to an activating group) is 1. The second-order valence-electron chi connectivity index (χ2n) is 8.56. The lowest BCUT2D eigenvalue weighted by molar-refractivity contribution is 0.0860. The van der Waals surface area contributed by atoms with Crippen molar-refractivity contribution in [2.75, 3.05) is 13.6 Å². The summed E-state index contributed by atoms with van der Waals surface area (Å²) in [5.74, 6) is -0.399. The van der Waals surface area contributed by atoms with E-state index in [2.05, 4.69) is 32.5 Å². The maximum Gasteiger partial charge on any atom is 0.280 e. The molecule has 1 saturated carbocycles. The Balaban J connectivity index is 0.00000259. The van der Waals surface area contributed by atoms with Gasteiger partial charge in [-0.1, -0.05) is 24.4 Å². The van der Waals surface area contributed by atoms with Crippen LogP contribution in [-0.2, 0) is 13.0 Å². The van der Waals surface area contributed by atoms with Crippen LogP contribution in [0.1, 0.15) is 56.5 Å². The van der Waals surface area contributed by atoms with E-state index in [-0.39, 0.29) is 36.3 Å². The Hall–Kier alpha value is -2.20. The second kappa shape index (κ2) is 9.97. The first-order chi connectivity index (χ1) is 15.5. The number of imidazole rings is 1. The molecule has 3 aromatic rings. The highest BCUT2D eigenvalue weighted by molar-refractivity contribution is 7.13. The van der Waals surface area contributed by atoms with E-state index in [1.807, 2.05) is 0 Å². The molecule has 5 rings (SSSR count). The number of halogens is 2. The number of nitrogens with one attached hydrogen (secondary N) is 2. The lowest BCUT2D eigenvalue weighted by Crippen LogP contribution is -2.53. The summed E-state index contributed by atoms with van der Waals surface area (Å²) in [6.07, 6.45) is 7.93. The number of amides is 2. The zero-order valence-corrected chi connectivity index (χ0v) is 20.6. The van der Waals surface area contributed by atoms with Crippen LogP contribution in [0.15, 0.2) is 24.5 Å². The van der Waals surface area contributed by atoms with Gasteiger partial charge < -0.3 is 19.9 Å². The number of thiazole rings is 1. The lowest BCUT2D eigenvalue weighted by atomic mass is 9.90. The predicted molar refractivity (Wildman–Crippen MR) is 131 cm³/mol. The van der Waals surface area contributed by atoms with Gasteiger partial charge in [0.05, 0.1) is 10.7 Å². The summed E-state index contributed by atoms with van der Waals surface area (Å²) >= 11 is 7.50. The minimum absolute atomic E-state index is 0. The molecule has 8 nitrogen and oxygen atoms in total. The summed E-state index contributed by atoms with van der Waals surface area (Å²) in [7, 11) is 2.08. The first kappa shape index (κ1) is 23.9. The van der Waals surface area contributed by atoms with Crippen LogP contribution >= 0.6 is 35.3 Å². The van der Waals surface area contributed by atoms with Gasteiger partial charge >= 0.3 is 0 Å². The average Bonchev–Trinajstić information content (AvgIpc) is 3.38. The molecular formula is C22H26Cl2N6O2S. The first-order valence-electron chi connectivity index (χ1n) is 10.9. The van der Waals surface area contributed by atoms with Gasteiger partial charge in [-0.15, -0.1) is 23.7 Å². The summed E-state index contributed by atoms with van der Waals surface area (Å²) in [6.45, 7) is 1.80. The second-order valence-corrected chi connectivity index (χ2v) is 10.1. The van der Waals surface area contributed by atoms with Crippen LogP contribution < -0.4 is 10.6 Å². The quantitative estimate of drug-likeness (QED) is 0.563. The smallest absolute Gasteiger partial charge is 0.280 e. The number of rotatable bonds is 4. The van der Waals surface area contributed by atoms with Crippen molar-refractivity contribution in [2.45, 2.75) is 50.7 Å². The number of aromatic nitrogens is 3. The lowest BCUT2D eigenvalue weighted by Gasteiger charge is -2.32. The van der Waals surface area contributed by atoms with Crippen LogP contribution in [0.25, 0.3) is 5.65 Å². The van der Waals surface area contributed by atoms with E-state index in [1.165, 1.54) is 16.2 Å². The molecule has 33 heavy (non-hydrogen) atoms. The number of hydrogen-bond donors (Lipinski definition) is 2. The largest absolute Gasteiger partial charge is 0.346 e. The van der Waals surface area contributed by atoms with E-state index in [0.717, 1.165) is 50.9 Å². The molecule has 4 heterocycles. The van der Waals surface area contributed by atoms with Crippen LogP contribution in [-0.4, -0.2) is 56.8 Å². The summed E-state index contributed by atoms with van der Waals surface area (Å²) in [6, 6.07) is 3.24. The Morgan fingerprint density at radius 2 is 1.82 bits per heavy atom. The number of carbonyl (C=O) groups is 2. The van der Waals surface area contributed by atoms with E-state index in [4.69, 9.17) is 11.6 Å². The van der Waals surface area contributed by atoms with Gasteiger partial charge in [-0.25, -0.2) is 9.97 Å². The highest BCUT2D eigenvalue weighted by Crippen LogP contribution is 2.25. The maximum atomic E-state index is 12.9. The monoisotopic (exact) mass is 508 g/mol. The standard InChI is InChI=1S/C22H25ClN6O2S.ClH/c1-28-9-8-16-18(12-28)32-22(27-16)21(31)26-15-5-3-2-4-14(15)25-20(30)17-11-29-10-13(23)6-7-19(29)24-17;/h6-7,10-11,14-15H,2-5,8-9,12H2,1H3,(H,25,30)(H,26,31);1H/t14-,15+;/m1./s1. The maximum absolute atomic E-state index is 12.9. The van der Waals surface area contributed by atoms with Crippen molar-refractivity contribution in [1.29, 1.82) is 0 Å². The van der Waals surface area contributed by atoms with E-state index in [9.17, 15) is 9.59 Å². The molecular weight excluding hydrogens is 483 g/mol. The van der Waals surface area contributed by atoms with Gasteiger partial charge in [0.1, 0.15) is 11.3 Å². The summed E-state index contributed by atoms with van der Waals surface area (Å²) in [5, 5.41) is 7.31. The third-order valence-electron chi connectivity index (χ3n) is 6.16. The fraction of sp³-hybridized carbons (Fsp3) is 0.455. The zero-order chi connectivity index (χ0) is 22.2. The number of nitrogens with zero attached hydrogens (tertiary/aromatic N) is 4.